The van der Waals surface area contributed by atoms with Crippen LogP contribution >= 0.6 is 0 Å². The zero-order chi connectivity index (χ0) is 15.1. The Hall–Kier alpha value is -3.02. The maximum Gasteiger partial charge on any atom is 0.343 e. The van der Waals surface area contributed by atoms with E-state index in [2.05, 4.69) is 4.98 Å². The van der Waals surface area contributed by atoms with Crippen LogP contribution in [0, 0.1) is 6.92 Å². The smallest absolute Gasteiger partial charge is 0.343 e. The normalized spacial score (nSPS) is 12.6. The molecule has 0 atom stereocenters. The molecule has 2 heterocycles. The number of ether oxygens (including phenoxy) is 3. The van der Waals surface area contributed by atoms with Gasteiger partial charge in [-0.15, -0.1) is 0 Å². The van der Waals surface area contributed by atoms with Crippen LogP contribution in [0.4, 0.5) is 0 Å². The molecule has 0 radical (unpaired) electrons. The first-order valence-corrected chi connectivity index (χ1v) is 6.68. The molecule has 0 saturated heterocycles. The number of aryl methyl sites for hydroxylation is 1. The first-order chi connectivity index (χ1) is 10.7. The molecule has 1 aliphatic rings. The van der Waals surface area contributed by atoms with Crippen molar-refractivity contribution in [2.24, 2.45) is 0 Å². The minimum absolute atomic E-state index is 0.162. The van der Waals surface area contributed by atoms with Crippen LogP contribution < -0.4 is 14.2 Å². The number of hydrogen-bond acceptors (Lipinski definition) is 6. The van der Waals surface area contributed by atoms with Gasteiger partial charge in [0.2, 0.25) is 6.79 Å². The van der Waals surface area contributed by atoms with Crippen LogP contribution in [0.15, 0.2) is 40.8 Å². The fourth-order valence-electron chi connectivity index (χ4n) is 2.27. The average Bonchev–Trinajstić information content (AvgIpc) is 3.10. The highest BCUT2D eigenvalue weighted by molar-refractivity contribution is 5.92. The Labute approximate surface area is 125 Å². The van der Waals surface area contributed by atoms with Crippen molar-refractivity contribution in [2.45, 2.75) is 6.92 Å². The van der Waals surface area contributed by atoms with Gasteiger partial charge in [-0.3, -0.25) is 0 Å². The predicted octanol–water partition coefficient (Wildman–Crippen LogP) is 3.08. The zero-order valence-corrected chi connectivity index (χ0v) is 11.7. The Morgan fingerprint density at radius 2 is 2.00 bits per heavy atom. The maximum absolute atomic E-state index is 12.2. The summed E-state index contributed by atoms with van der Waals surface area (Å²) in [4.78, 5) is 16.4. The lowest BCUT2D eigenvalue weighted by Crippen LogP contribution is -2.08. The van der Waals surface area contributed by atoms with Gasteiger partial charge in [0, 0.05) is 13.0 Å². The van der Waals surface area contributed by atoms with E-state index in [-0.39, 0.29) is 6.79 Å². The van der Waals surface area contributed by atoms with Crippen LogP contribution in [0.3, 0.4) is 0 Å². The Morgan fingerprint density at radius 3 is 2.91 bits per heavy atom. The van der Waals surface area contributed by atoms with Crippen molar-refractivity contribution in [2.75, 3.05) is 6.79 Å². The van der Waals surface area contributed by atoms with Crippen LogP contribution in [0.2, 0.25) is 0 Å². The molecule has 3 aromatic rings. The number of carbonyl (C=O) groups excluding carboxylic acids is 1. The van der Waals surface area contributed by atoms with Gasteiger partial charge in [0.1, 0.15) is 11.3 Å². The number of fused-ring (bicyclic) bond motifs is 2. The average molecular weight is 297 g/mol. The van der Waals surface area contributed by atoms with Crippen molar-refractivity contribution in [1.29, 1.82) is 0 Å². The Balaban J connectivity index is 1.59. The predicted molar refractivity (Wildman–Crippen MR) is 76.3 cm³/mol. The quantitative estimate of drug-likeness (QED) is 0.534. The molecule has 0 unspecified atom stereocenters. The van der Waals surface area contributed by atoms with E-state index in [0.29, 0.717) is 34.3 Å². The highest BCUT2D eigenvalue weighted by Gasteiger charge is 2.17. The number of rotatable bonds is 2. The maximum atomic E-state index is 12.2. The van der Waals surface area contributed by atoms with Crippen molar-refractivity contribution < 1.29 is 23.4 Å². The van der Waals surface area contributed by atoms with Crippen molar-refractivity contribution in [3.63, 3.8) is 0 Å². The van der Waals surface area contributed by atoms with E-state index in [1.165, 1.54) is 0 Å². The molecule has 4 rings (SSSR count). The van der Waals surface area contributed by atoms with Gasteiger partial charge in [0.15, 0.2) is 23.0 Å². The number of benzene rings is 2. The summed E-state index contributed by atoms with van der Waals surface area (Å²) < 4.78 is 21.2. The fraction of sp³-hybridized carbons (Fsp3) is 0.125. The highest BCUT2D eigenvalue weighted by Crippen LogP contribution is 2.33. The number of aromatic nitrogens is 1. The van der Waals surface area contributed by atoms with E-state index in [1.54, 1.807) is 43.3 Å². The molecule has 0 aliphatic carbocycles. The third-order valence-corrected chi connectivity index (χ3v) is 3.29. The first-order valence-electron chi connectivity index (χ1n) is 6.68. The minimum atomic E-state index is -0.478. The summed E-state index contributed by atoms with van der Waals surface area (Å²) in [7, 11) is 0. The van der Waals surface area contributed by atoms with Gasteiger partial charge in [-0.05, 0) is 30.3 Å². The molecule has 0 bridgehead atoms. The molecule has 0 spiro atoms. The minimum Gasteiger partial charge on any atom is -0.454 e. The molecule has 22 heavy (non-hydrogen) atoms. The van der Waals surface area contributed by atoms with Crippen LogP contribution in [0.5, 0.6) is 17.2 Å². The lowest BCUT2D eigenvalue weighted by molar-refractivity contribution is 0.0734. The van der Waals surface area contributed by atoms with Crippen molar-refractivity contribution in [3.8, 4) is 17.2 Å². The van der Waals surface area contributed by atoms with Crippen molar-refractivity contribution in [1.82, 2.24) is 4.98 Å². The number of nitrogens with zero attached hydrogens (tertiary/aromatic N) is 1. The summed E-state index contributed by atoms with van der Waals surface area (Å²) in [6, 6.07) is 9.97. The van der Waals surface area contributed by atoms with Crippen LogP contribution in [-0.4, -0.2) is 17.7 Å². The Bertz CT molecular complexity index is 883. The van der Waals surface area contributed by atoms with Gasteiger partial charge < -0.3 is 18.6 Å². The van der Waals surface area contributed by atoms with Gasteiger partial charge >= 0.3 is 5.97 Å². The molecule has 1 aliphatic heterocycles. The second-order valence-corrected chi connectivity index (χ2v) is 4.82. The zero-order valence-electron chi connectivity index (χ0n) is 11.7. The molecule has 6 nitrogen and oxygen atoms in total. The lowest BCUT2D eigenvalue weighted by atomic mass is 10.2. The summed E-state index contributed by atoms with van der Waals surface area (Å²) in [5, 5.41) is 0. The number of hydrogen-bond donors (Lipinski definition) is 0. The molecule has 2 aromatic carbocycles. The van der Waals surface area contributed by atoms with Gasteiger partial charge in [-0.1, -0.05) is 0 Å². The largest absolute Gasteiger partial charge is 0.454 e. The van der Waals surface area contributed by atoms with E-state index in [9.17, 15) is 4.79 Å². The molecular weight excluding hydrogens is 286 g/mol. The summed E-state index contributed by atoms with van der Waals surface area (Å²) in [5.74, 6) is 1.64. The van der Waals surface area contributed by atoms with E-state index in [1.807, 2.05) is 0 Å². The van der Waals surface area contributed by atoms with Crippen LogP contribution in [0.25, 0.3) is 11.1 Å². The fourth-order valence-corrected chi connectivity index (χ4v) is 2.27. The number of esters is 1. The summed E-state index contributed by atoms with van der Waals surface area (Å²) in [6.07, 6.45) is 0. The molecule has 0 fully saturated rings. The first kappa shape index (κ1) is 12.7. The molecule has 1 aromatic heterocycles. The van der Waals surface area contributed by atoms with Crippen molar-refractivity contribution in [3.05, 3.63) is 47.9 Å². The topological polar surface area (TPSA) is 70.8 Å². The summed E-state index contributed by atoms with van der Waals surface area (Å²) >= 11 is 0. The molecule has 6 heteroatoms. The summed E-state index contributed by atoms with van der Waals surface area (Å²) in [6.45, 7) is 1.92. The molecule has 0 N–H and O–H groups in total. The van der Waals surface area contributed by atoms with Gasteiger partial charge in [0.25, 0.3) is 0 Å². The third-order valence-electron chi connectivity index (χ3n) is 3.29. The standard InChI is InChI=1S/C16H11NO5/c1-9-17-12-4-3-11(7-14(12)21-9)22-16(18)10-2-5-13-15(6-10)20-8-19-13/h2-7H,8H2,1H3. The Morgan fingerprint density at radius 1 is 1.14 bits per heavy atom. The molecule has 0 amide bonds. The Kier molecular flexibility index (Phi) is 2.75. The van der Waals surface area contributed by atoms with E-state index in [4.69, 9.17) is 18.6 Å². The molecular formula is C16H11NO5. The van der Waals surface area contributed by atoms with Crippen molar-refractivity contribution >= 4 is 17.1 Å². The molecule has 110 valence electrons. The van der Waals surface area contributed by atoms with Gasteiger partial charge in [0.05, 0.1) is 5.56 Å². The third kappa shape index (κ3) is 2.14. The molecule has 0 saturated carbocycles. The summed E-state index contributed by atoms with van der Waals surface area (Å²) in [5.41, 5.74) is 1.69. The van der Waals surface area contributed by atoms with Crippen LogP contribution in [-0.2, 0) is 0 Å². The monoisotopic (exact) mass is 297 g/mol. The lowest BCUT2D eigenvalue weighted by Gasteiger charge is -2.04. The number of carbonyl (C=O) groups is 1. The van der Waals surface area contributed by atoms with E-state index in [0.717, 1.165) is 5.52 Å². The van der Waals surface area contributed by atoms with Gasteiger partial charge in [-0.2, -0.15) is 0 Å². The van der Waals surface area contributed by atoms with Crippen LogP contribution in [0.1, 0.15) is 16.2 Å². The number of oxazole rings is 1. The van der Waals surface area contributed by atoms with E-state index < -0.39 is 5.97 Å². The second-order valence-electron chi connectivity index (χ2n) is 4.82. The van der Waals surface area contributed by atoms with Gasteiger partial charge in [-0.25, -0.2) is 9.78 Å². The highest BCUT2D eigenvalue weighted by atomic mass is 16.7. The van der Waals surface area contributed by atoms with E-state index >= 15 is 0 Å². The SMILES string of the molecule is Cc1nc2ccc(OC(=O)c3ccc4c(c3)OCO4)cc2o1. The second kappa shape index (κ2) is 4.77.